The zero-order valence-corrected chi connectivity index (χ0v) is 9.98. The van der Waals surface area contributed by atoms with Crippen LogP contribution in [0.4, 0.5) is 22.0 Å². The number of urea groups is 1. The van der Waals surface area contributed by atoms with E-state index in [0.29, 0.717) is 17.2 Å². The van der Waals surface area contributed by atoms with Crippen molar-refractivity contribution in [3.05, 3.63) is 41.8 Å². The lowest BCUT2D eigenvalue weighted by Crippen LogP contribution is -2.20. The predicted octanol–water partition coefficient (Wildman–Crippen LogP) is 2.36. The monoisotopic (exact) mass is 263 g/mol. The normalized spacial score (nSPS) is 9.83. The number of nitrogens with two attached hydrogens (primary N) is 1. The second kappa shape index (κ2) is 5.33. The van der Waals surface area contributed by atoms with Crippen LogP contribution in [0.5, 0.6) is 0 Å². The molecule has 1 aromatic carbocycles. The van der Waals surface area contributed by atoms with Crippen molar-refractivity contribution in [1.82, 2.24) is 9.97 Å². The van der Waals surface area contributed by atoms with Gasteiger partial charge in [-0.15, -0.1) is 0 Å². The first-order chi connectivity index (χ1) is 8.63. The van der Waals surface area contributed by atoms with E-state index in [-0.39, 0.29) is 5.28 Å². The van der Waals surface area contributed by atoms with Crippen molar-refractivity contribution in [1.29, 1.82) is 0 Å². The molecule has 0 aliphatic heterocycles. The third-order valence-electron chi connectivity index (χ3n) is 2.01. The third-order valence-corrected chi connectivity index (χ3v) is 2.19. The van der Waals surface area contributed by atoms with Crippen LogP contribution in [0, 0.1) is 0 Å². The number of hydrogen-bond donors (Lipinski definition) is 3. The van der Waals surface area contributed by atoms with Crippen LogP contribution in [0.3, 0.4) is 0 Å². The van der Waals surface area contributed by atoms with Crippen LogP contribution in [0.25, 0.3) is 0 Å². The summed E-state index contributed by atoms with van der Waals surface area (Å²) >= 11 is 5.60. The van der Waals surface area contributed by atoms with Crippen molar-refractivity contribution < 1.29 is 4.79 Å². The number of hydrogen-bond acceptors (Lipinski definition) is 4. The molecule has 18 heavy (non-hydrogen) atoms. The van der Waals surface area contributed by atoms with Gasteiger partial charge in [-0.05, 0) is 35.9 Å². The SMILES string of the molecule is Nc1cccc(NC(=O)Nc2ccnc(Cl)n2)c1. The van der Waals surface area contributed by atoms with Crippen molar-refractivity contribution in [2.45, 2.75) is 0 Å². The number of halogens is 1. The molecule has 0 bridgehead atoms. The van der Waals surface area contributed by atoms with Crippen molar-refractivity contribution in [3.8, 4) is 0 Å². The number of rotatable bonds is 2. The summed E-state index contributed by atoms with van der Waals surface area (Å²) in [6.45, 7) is 0. The average molecular weight is 264 g/mol. The lowest BCUT2D eigenvalue weighted by Gasteiger charge is -2.07. The standard InChI is InChI=1S/C11H10ClN5O/c12-10-14-5-4-9(16-10)17-11(18)15-8-3-1-2-7(13)6-8/h1-6H,13H2,(H2,14,15,16,17,18). The number of aromatic nitrogens is 2. The summed E-state index contributed by atoms with van der Waals surface area (Å²) < 4.78 is 0. The molecule has 7 heteroatoms. The van der Waals surface area contributed by atoms with Crippen LogP contribution in [0.2, 0.25) is 5.28 Å². The number of nitrogens with zero attached hydrogens (tertiary/aromatic N) is 2. The molecular weight excluding hydrogens is 254 g/mol. The number of amides is 2. The minimum absolute atomic E-state index is 0.0664. The maximum atomic E-state index is 11.6. The largest absolute Gasteiger partial charge is 0.399 e. The van der Waals surface area contributed by atoms with E-state index in [2.05, 4.69) is 20.6 Å². The summed E-state index contributed by atoms with van der Waals surface area (Å²) in [6, 6.07) is 7.94. The van der Waals surface area contributed by atoms with Gasteiger partial charge in [0, 0.05) is 17.6 Å². The first-order valence-electron chi connectivity index (χ1n) is 5.05. The van der Waals surface area contributed by atoms with Gasteiger partial charge in [0.1, 0.15) is 5.82 Å². The second-order valence-corrected chi connectivity index (χ2v) is 3.75. The van der Waals surface area contributed by atoms with Crippen LogP contribution in [-0.4, -0.2) is 16.0 Å². The zero-order chi connectivity index (χ0) is 13.0. The van der Waals surface area contributed by atoms with Crippen molar-refractivity contribution in [2.24, 2.45) is 0 Å². The molecule has 2 amide bonds. The molecule has 6 nitrogen and oxygen atoms in total. The molecular formula is C11H10ClN5O. The maximum Gasteiger partial charge on any atom is 0.324 e. The topological polar surface area (TPSA) is 92.9 Å². The quantitative estimate of drug-likeness (QED) is 0.573. The number of benzene rings is 1. The molecule has 2 aromatic rings. The Morgan fingerprint density at radius 1 is 1.28 bits per heavy atom. The third kappa shape index (κ3) is 3.33. The van der Waals surface area contributed by atoms with Gasteiger partial charge >= 0.3 is 6.03 Å². The van der Waals surface area contributed by atoms with E-state index in [1.807, 2.05) is 0 Å². The smallest absolute Gasteiger partial charge is 0.324 e. The van der Waals surface area contributed by atoms with Gasteiger partial charge in [-0.2, -0.15) is 0 Å². The minimum Gasteiger partial charge on any atom is -0.399 e. The second-order valence-electron chi connectivity index (χ2n) is 3.42. The Kier molecular flexibility index (Phi) is 3.59. The van der Waals surface area contributed by atoms with Crippen LogP contribution >= 0.6 is 11.6 Å². The van der Waals surface area contributed by atoms with Crippen LogP contribution in [0.15, 0.2) is 36.5 Å². The summed E-state index contributed by atoms with van der Waals surface area (Å²) in [7, 11) is 0. The fraction of sp³-hybridized carbons (Fsp3) is 0. The Labute approximate surface area is 108 Å². The average Bonchev–Trinajstić information content (AvgIpc) is 2.28. The zero-order valence-electron chi connectivity index (χ0n) is 9.22. The predicted molar refractivity (Wildman–Crippen MR) is 70.5 cm³/mol. The van der Waals surface area contributed by atoms with Crippen LogP contribution < -0.4 is 16.4 Å². The van der Waals surface area contributed by atoms with Crippen molar-refractivity contribution in [2.75, 3.05) is 16.4 Å². The lowest BCUT2D eigenvalue weighted by molar-refractivity contribution is 0.262. The molecule has 4 N–H and O–H groups in total. The summed E-state index contributed by atoms with van der Waals surface area (Å²) in [5, 5.41) is 5.21. The highest BCUT2D eigenvalue weighted by atomic mass is 35.5. The number of carbonyl (C=O) groups excluding carboxylic acids is 1. The number of anilines is 3. The Morgan fingerprint density at radius 2 is 2.11 bits per heavy atom. The van der Waals surface area contributed by atoms with E-state index in [1.54, 1.807) is 24.3 Å². The van der Waals surface area contributed by atoms with Gasteiger partial charge in [0.2, 0.25) is 5.28 Å². The Hall–Kier alpha value is -2.34. The van der Waals surface area contributed by atoms with Gasteiger partial charge in [0.25, 0.3) is 0 Å². The molecule has 0 aliphatic carbocycles. The van der Waals surface area contributed by atoms with Crippen molar-refractivity contribution in [3.63, 3.8) is 0 Å². The highest BCUT2D eigenvalue weighted by Crippen LogP contribution is 2.12. The molecule has 0 radical (unpaired) electrons. The van der Waals surface area contributed by atoms with E-state index in [1.165, 1.54) is 12.3 Å². The van der Waals surface area contributed by atoms with E-state index in [4.69, 9.17) is 17.3 Å². The van der Waals surface area contributed by atoms with Crippen LogP contribution in [0.1, 0.15) is 0 Å². The maximum absolute atomic E-state index is 11.6. The van der Waals surface area contributed by atoms with Gasteiger partial charge in [-0.3, -0.25) is 5.32 Å². The molecule has 1 heterocycles. The molecule has 0 aliphatic rings. The highest BCUT2D eigenvalue weighted by molar-refractivity contribution is 6.28. The first kappa shape index (κ1) is 12.1. The van der Waals surface area contributed by atoms with E-state index < -0.39 is 6.03 Å². The molecule has 2 rings (SSSR count). The van der Waals surface area contributed by atoms with Gasteiger partial charge in [-0.1, -0.05) is 6.07 Å². The minimum atomic E-state index is -0.435. The van der Waals surface area contributed by atoms with E-state index in [9.17, 15) is 4.79 Å². The summed E-state index contributed by atoms with van der Waals surface area (Å²) in [4.78, 5) is 19.2. The lowest BCUT2D eigenvalue weighted by atomic mass is 10.3. The summed E-state index contributed by atoms with van der Waals surface area (Å²) in [5.41, 5.74) is 6.75. The molecule has 0 saturated heterocycles. The Balaban J connectivity index is 2.01. The van der Waals surface area contributed by atoms with E-state index >= 15 is 0 Å². The number of nitrogen functional groups attached to an aromatic ring is 1. The fourth-order valence-electron chi connectivity index (χ4n) is 1.30. The Bertz CT molecular complexity index is 525. The Morgan fingerprint density at radius 3 is 2.83 bits per heavy atom. The van der Waals surface area contributed by atoms with Gasteiger partial charge in [-0.25, -0.2) is 14.8 Å². The van der Waals surface area contributed by atoms with Gasteiger partial charge in [0.05, 0.1) is 0 Å². The van der Waals surface area contributed by atoms with Gasteiger partial charge < -0.3 is 11.1 Å². The molecule has 0 saturated carbocycles. The van der Waals surface area contributed by atoms with E-state index in [0.717, 1.165) is 0 Å². The van der Waals surface area contributed by atoms with Crippen molar-refractivity contribution >= 4 is 34.8 Å². The van der Waals surface area contributed by atoms with Gasteiger partial charge in [0.15, 0.2) is 0 Å². The fourth-order valence-corrected chi connectivity index (χ4v) is 1.45. The molecule has 92 valence electrons. The molecule has 0 atom stereocenters. The van der Waals surface area contributed by atoms with Crippen LogP contribution in [-0.2, 0) is 0 Å². The molecule has 0 unspecified atom stereocenters. The molecule has 0 fully saturated rings. The number of carbonyl (C=O) groups is 1. The summed E-state index contributed by atoms with van der Waals surface area (Å²) in [6.07, 6.45) is 1.45. The number of nitrogens with one attached hydrogen (secondary N) is 2. The summed E-state index contributed by atoms with van der Waals surface area (Å²) in [5.74, 6) is 0.316. The highest BCUT2D eigenvalue weighted by Gasteiger charge is 2.04. The first-order valence-corrected chi connectivity index (χ1v) is 5.43. The molecule has 1 aromatic heterocycles. The molecule has 0 spiro atoms.